The molecule has 3 rings (SSSR count). The molecule has 122 valence electrons. The topological polar surface area (TPSA) is 47.4 Å². The molecule has 2 heterocycles. The van der Waals surface area contributed by atoms with Crippen LogP contribution in [0.3, 0.4) is 0 Å². The van der Waals surface area contributed by atoms with Gasteiger partial charge < -0.3 is 9.64 Å². The number of anilines is 2. The van der Waals surface area contributed by atoms with E-state index in [1.807, 2.05) is 0 Å². The molecule has 1 aromatic heterocycles. The predicted molar refractivity (Wildman–Crippen MR) is 76.8 cm³/mol. The standard InChI is InChI=1S/C15H14F3N3O2/c1-9-12(14(22)23-2)13-20(6-7-21(13)19-9)11-5-3-4-10(8-11)15(16,17)18/h3-5,8H,6-7H2,1-2H3. The maximum Gasteiger partial charge on any atom is 0.416 e. The molecule has 0 N–H and O–H groups in total. The molecule has 0 fully saturated rings. The fourth-order valence-electron chi connectivity index (χ4n) is 2.74. The van der Waals surface area contributed by atoms with Gasteiger partial charge in [-0.15, -0.1) is 0 Å². The molecule has 0 aliphatic carbocycles. The van der Waals surface area contributed by atoms with Gasteiger partial charge in [0.15, 0.2) is 0 Å². The third kappa shape index (κ3) is 2.54. The summed E-state index contributed by atoms with van der Waals surface area (Å²) in [6.45, 7) is 2.60. The number of rotatable bonds is 2. The molecular formula is C15H14F3N3O2. The van der Waals surface area contributed by atoms with Gasteiger partial charge in [0.2, 0.25) is 0 Å². The molecule has 0 unspecified atom stereocenters. The number of carbonyl (C=O) groups is 1. The number of esters is 1. The molecule has 0 saturated heterocycles. The van der Waals surface area contributed by atoms with Crippen LogP contribution in [0.15, 0.2) is 24.3 Å². The molecule has 0 saturated carbocycles. The fourth-order valence-corrected chi connectivity index (χ4v) is 2.74. The quantitative estimate of drug-likeness (QED) is 0.796. The number of benzene rings is 1. The molecule has 1 aromatic carbocycles. The lowest BCUT2D eigenvalue weighted by Crippen LogP contribution is -2.18. The minimum Gasteiger partial charge on any atom is -0.465 e. The first-order valence-corrected chi connectivity index (χ1v) is 6.93. The number of aryl methyl sites for hydroxylation is 1. The summed E-state index contributed by atoms with van der Waals surface area (Å²) in [5, 5.41) is 4.26. The second-order valence-electron chi connectivity index (χ2n) is 5.20. The zero-order chi connectivity index (χ0) is 16.8. The number of fused-ring (bicyclic) bond motifs is 1. The lowest BCUT2D eigenvalue weighted by Gasteiger charge is -2.20. The Labute approximate surface area is 130 Å². The number of methoxy groups -OCH3 is 1. The molecule has 0 radical (unpaired) electrons. The van der Waals surface area contributed by atoms with E-state index in [1.165, 1.54) is 13.2 Å². The second kappa shape index (κ2) is 5.29. The average molecular weight is 325 g/mol. The summed E-state index contributed by atoms with van der Waals surface area (Å²) < 4.78 is 45.1. The molecule has 2 aromatic rings. The van der Waals surface area contributed by atoms with Crippen molar-refractivity contribution in [3.05, 3.63) is 41.1 Å². The Bertz CT molecular complexity index is 768. The monoisotopic (exact) mass is 325 g/mol. The van der Waals surface area contributed by atoms with Crippen LogP contribution >= 0.6 is 0 Å². The van der Waals surface area contributed by atoms with Gasteiger partial charge in [-0.25, -0.2) is 9.48 Å². The van der Waals surface area contributed by atoms with Crippen LogP contribution in [-0.2, 0) is 17.5 Å². The first-order chi connectivity index (χ1) is 10.8. The van der Waals surface area contributed by atoms with Gasteiger partial charge in [0, 0.05) is 12.2 Å². The zero-order valence-corrected chi connectivity index (χ0v) is 12.5. The van der Waals surface area contributed by atoms with Crippen molar-refractivity contribution in [2.75, 3.05) is 18.6 Å². The van der Waals surface area contributed by atoms with E-state index in [0.717, 1.165) is 12.1 Å². The van der Waals surface area contributed by atoms with Crippen molar-refractivity contribution >= 4 is 17.5 Å². The summed E-state index contributed by atoms with van der Waals surface area (Å²) in [5.41, 5.74) is 0.402. The number of aromatic nitrogens is 2. The van der Waals surface area contributed by atoms with Crippen molar-refractivity contribution in [1.82, 2.24) is 9.78 Å². The van der Waals surface area contributed by atoms with E-state index < -0.39 is 17.7 Å². The van der Waals surface area contributed by atoms with Gasteiger partial charge in [-0.3, -0.25) is 0 Å². The minimum absolute atomic E-state index is 0.280. The van der Waals surface area contributed by atoms with Crippen molar-refractivity contribution in [3.8, 4) is 0 Å². The fraction of sp³-hybridized carbons (Fsp3) is 0.333. The summed E-state index contributed by atoms with van der Waals surface area (Å²) in [6, 6.07) is 5.01. The molecule has 5 nitrogen and oxygen atoms in total. The van der Waals surface area contributed by atoms with E-state index in [4.69, 9.17) is 4.74 Å². The highest BCUT2D eigenvalue weighted by molar-refractivity contribution is 5.97. The summed E-state index contributed by atoms with van der Waals surface area (Å²) in [6.07, 6.45) is -4.42. The highest BCUT2D eigenvalue weighted by Crippen LogP contribution is 2.37. The second-order valence-corrected chi connectivity index (χ2v) is 5.20. The summed E-state index contributed by atoms with van der Waals surface area (Å²) in [4.78, 5) is 13.6. The molecule has 0 spiro atoms. The molecule has 0 amide bonds. The van der Waals surface area contributed by atoms with Crippen molar-refractivity contribution in [3.63, 3.8) is 0 Å². The third-order valence-electron chi connectivity index (χ3n) is 3.77. The maximum absolute atomic E-state index is 12.9. The van der Waals surface area contributed by atoms with Crippen molar-refractivity contribution in [2.24, 2.45) is 0 Å². The third-order valence-corrected chi connectivity index (χ3v) is 3.77. The Kier molecular flexibility index (Phi) is 3.54. The highest BCUT2D eigenvalue weighted by atomic mass is 19.4. The number of hydrogen-bond acceptors (Lipinski definition) is 4. The normalized spacial score (nSPS) is 14.0. The van der Waals surface area contributed by atoms with Crippen LogP contribution in [0.25, 0.3) is 0 Å². The number of ether oxygens (including phenoxy) is 1. The van der Waals surface area contributed by atoms with Crippen LogP contribution in [0, 0.1) is 6.92 Å². The number of nitrogens with zero attached hydrogens (tertiary/aromatic N) is 3. The zero-order valence-electron chi connectivity index (χ0n) is 12.5. The molecule has 0 bridgehead atoms. The summed E-state index contributed by atoms with van der Waals surface area (Å²) >= 11 is 0. The SMILES string of the molecule is COC(=O)c1c(C)nn2c1N(c1cccc(C(F)(F)F)c1)CC2. The van der Waals surface area contributed by atoms with E-state index in [-0.39, 0.29) is 5.56 Å². The Morgan fingerprint density at radius 1 is 1.30 bits per heavy atom. The molecule has 0 atom stereocenters. The van der Waals surface area contributed by atoms with Crippen LogP contribution in [0.1, 0.15) is 21.6 Å². The first kappa shape index (κ1) is 15.4. The van der Waals surface area contributed by atoms with Gasteiger partial charge in [-0.2, -0.15) is 18.3 Å². The van der Waals surface area contributed by atoms with Crippen molar-refractivity contribution < 1.29 is 22.7 Å². The number of hydrogen-bond donors (Lipinski definition) is 0. The lowest BCUT2D eigenvalue weighted by molar-refractivity contribution is -0.137. The minimum atomic E-state index is -4.42. The van der Waals surface area contributed by atoms with Gasteiger partial charge in [0.05, 0.1) is 24.9 Å². The summed E-state index contributed by atoms with van der Waals surface area (Å²) in [7, 11) is 1.26. The maximum atomic E-state index is 12.9. The van der Waals surface area contributed by atoms with Gasteiger partial charge >= 0.3 is 12.1 Å². The Hall–Kier alpha value is -2.51. The van der Waals surface area contributed by atoms with Gasteiger partial charge in [-0.05, 0) is 25.1 Å². The smallest absolute Gasteiger partial charge is 0.416 e. The van der Waals surface area contributed by atoms with E-state index in [0.29, 0.717) is 30.3 Å². The molecular weight excluding hydrogens is 311 g/mol. The number of carbonyl (C=O) groups excluding carboxylic acids is 1. The largest absolute Gasteiger partial charge is 0.465 e. The first-order valence-electron chi connectivity index (χ1n) is 6.93. The van der Waals surface area contributed by atoms with Crippen LogP contribution < -0.4 is 4.90 Å². The predicted octanol–water partition coefficient (Wildman–Crippen LogP) is 3.15. The van der Waals surface area contributed by atoms with Crippen LogP contribution in [0.2, 0.25) is 0 Å². The molecule has 1 aliphatic rings. The Morgan fingerprint density at radius 2 is 2.04 bits per heavy atom. The van der Waals surface area contributed by atoms with Gasteiger partial charge in [0.1, 0.15) is 11.4 Å². The average Bonchev–Trinajstić information content (AvgIpc) is 3.03. The van der Waals surface area contributed by atoms with E-state index in [1.54, 1.807) is 22.6 Å². The Morgan fingerprint density at radius 3 is 2.70 bits per heavy atom. The van der Waals surface area contributed by atoms with E-state index in [9.17, 15) is 18.0 Å². The molecule has 23 heavy (non-hydrogen) atoms. The number of alkyl halides is 3. The van der Waals surface area contributed by atoms with Gasteiger partial charge in [-0.1, -0.05) is 6.07 Å². The Balaban J connectivity index is 2.08. The van der Waals surface area contributed by atoms with Crippen LogP contribution in [0.5, 0.6) is 0 Å². The highest BCUT2D eigenvalue weighted by Gasteiger charge is 2.34. The molecule has 8 heteroatoms. The van der Waals surface area contributed by atoms with Crippen LogP contribution in [0.4, 0.5) is 24.7 Å². The number of halogens is 3. The van der Waals surface area contributed by atoms with E-state index in [2.05, 4.69) is 5.10 Å². The lowest BCUT2D eigenvalue weighted by atomic mass is 10.1. The van der Waals surface area contributed by atoms with Crippen LogP contribution in [-0.4, -0.2) is 29.4 Å². The van der Waals surface area contributed by atoms with E-state index >= 15 is 0 Å². The summed E-state index contributed by atoms with van der Waals surface area (Å²) in [5.74, 6) is -0.0868. The van der Waals surface area contributed by atoms with Crippen molar-refractivity contribution in [1.29, 1.82) is 0 Å². The molecule has 1 aliphatic heterocycles. The van der Waals surface area contributed by atoms with Crippen molar-refractivity contribution in [2.45, 2.75) is 19.6 Å². The van der Waals surface area contributed by atoms with Gasteiger partial charge in [0.25, 0.3) is 0 Å².